The summed E-state index contributed by atoms with van der Waals surface area (Å²) in [4.78, 5) is 12.4. The third-order valence-electron chi connectivity index (χ3n) is 2.87. The average molecular weight is 305 g/mol. The molecule has 3 aromatic heterocycles. The SMILES string of the molecule is Cc1sc(C(=O)O)cc1CSc1nnc2ccccn12. The maximum Gasteiger partial charge on any atom is 0.345 e. The summed E-state index contributed by atoms with van der Waals surface area (Å²) < 4.78 is 1.92. The maximum atomic E-state index is 11.0. The van der Waals surface area contributed by atoms with E-state index < -0.39 is 5.97 Å². The molecule has 0 fully saturated rings. The number of aryl methyl sites for hydroxylation is 1. The van der Waals surface area contributed by atoms with Crippen LogP contribution in [0, 0.1) is 6.92 Å². The van der Waals surface area contributed by atoms with E-state index in [4.69, 9.17) is 5.11 Å². The molecule has 0 aromatic carbocycles. The summed E-state index contributed by atoms with van der Waals surface area (Å²) in [7, 11) is 0. The Balaban J connectivity index is 1.81. The summed E-state index contributed by atoms with van der Waals surface area (Å²) in [6.45, 7) is 1.94. The van der Waals surface area contributed by atoms with Gasteiger partial charge in [-0.2, -0.15) is 0 Å². The summed E-state index contributed by atoms with van der Waals surface area (Å²) in [5, 5.41) is 18.0. The van der Waals surface area contributed by atoms with Gasteiger partial charge in [0.15, 0.2) is 10.8 Å². The van der Waals surface area contributed by atoms with E-state index in [1.807, 2.05) is 35.7 Å². The summed E-state index contributed by atoms with van der Waals surface area (Å²) in [6.07, 6.45) is 1.92. The van der Waals surface area contributed by atoms with Crippen molar-refractivity contribution in [3.63, 3.8) is 0 Å². The normalized spacial score (nSPS) is 11.1. The van der Waals surface area contributed by atoms with Crippen LogP contribution in [-0.2, 0) is 5.75 Å². The molecule has 1 N–H and O–H groups in total. The topological polar surface area (TPSA) is 67.5 Å². The molecule has 3 heterocycles. The fourth-order valence-electron chi connectivity index (χ4n) is 1.83. The Labute approximate surface area is 123 Å². The number of fused-ring (bicyclic) bond motifs is 1. The zero-order valence-electron chi connectivity index (χ0n) is 10.6. The van der Waals surface area contributed by atoms with Gasteiger partial charge in [0.2, 0.25) is 0 Å². The second-order valence-corrected chi connectivity index (χ2v) is 6.40. The van der Waals surface area contributed by atoms with Crippen molar-refractivity contribution in [2.75, 3.05) is 0 Å². The predicted octanol–water partition coefficient (Wildman–Crippen LogP) is 3.09. The molecule has 0 spiro atoms. The third kappa shape index (κ3) is 2.41. The van der Waals surface area contributed by atoms with Crippen LogP contribution in [0.4, 0.5) is 0 Å². The number of nitrogens with zero attached hydrogens (tertiary/aromatic N) is 3. The molecule has 0 aliphatic heterocycles. The van der Waals surface area contributed by atoms with E-state index in [2.05, 4.69) is 10.2 Å². The highest BCUT2D eigenvalue weighted by Gasteiger charge is 2.12. The number of aromatic carboxylic acids is 1. The van der Waals surface area contributed by atoms with E-state index in [1.54, 1.807) is 17.8 Å². The highest BCUT2D eigenvalue weighted by molar-refractivity contribution is 7.98. The molecule has 3 rings (SSSR count). The highest BCUT2D eigenvalue weighted by atomic mass is 32.2. The highest BCUT2D eigenvalue weighted by Crippen LogP contribution is 2.28. The van der Waals surface area contributed by atoms with E-state index >= 15 is 0 Å². The fraction of sp³-hybridized carbons (Fsp3) is 0.154. The molecule has 3 aromatic rings. The molecule has 0 atom stereocenters. The van der Waals surface area contributed by atoms with Crippen molar-refractivity contribution in [1.82, 2.24) is 14.6 Å². The standard InChI is InChI=1S/C13H11N3O2S2/c1-8-9(6-10(20-8)12(17)18)7-19-13-15-14-11-4-2-3-5-16(11)13/h2-6H,7H2,1H3,(H,17,18). The quantitative estimate of drug-likeness (QED) is 0.750. The van der Waals surface area contributed by atoms with Crippen molar-refractivity contribution in [1.29, 1.82) is 0 Å². The van der Waals surface area contributed by atoms with Crippen molar-refractivity contribution in [2.24, 2.45) is 0 Å². The van der Waals surface area contributed by atoms with Gasteiger partial charge in [0.05, 0.1) is 0 Å². The zero-order valence-corrected chi connectivity index (χ0v) is 12.2. The number of pyridine rings is 1. The van der Waals surface area contributed by atoms with Crippen LogP contribution in [0.2, 0.25) is 0 Å². The van der Waals surface area contributed by atoms with Crippen molar-refractivity contribution >= 4 is 34.7 Å². The molecular formula is C13H11N3O2S2. The number of rotatable bonds is 4. The third-order valence-corrected chi connectivity index (χ3v) is 4.94. The van der Waals surface area contributed by atoms with Gasteiger partial charge in [0.1, 0.15) is 4.88 Å². The first-order valence-electron chi connectivity index (χ1n) is 5.90. The molecule has 5 nitrogen and oxygen atoms in total. The van der Waals surface area contributed by atoms with E-state index in [9.17, 15) is 4.79 Å². The molecule has 0 aliphatic carbocycles. The second-order valence-electron chi connectivity index (χ2n) is 4.20. The Bertz CT molecular complexity index is 779. The predicted molar refractivity (Wildman–Crippen MR) is 78.6 cm³/mol. The minimum atomic E-state index is -0.873. The van der Waals surface area contributed by atoms with Gasteiger partial charge >= 0.3 is 5.97 Å². The lowest BCUT2D eigenvalue weighted by Gasteiger charge is -1.99. The first-order valence-corrected chi connectivity index (χ1v) is 7.70. The average Bonchev–Trinajstić information content (AvgIpc) is 3.00. The largest absolute Gasteiger partial charge is 0.477 e. The van der Waals surface area contributed by atoms with Crippen LogP contribution in [-0.4, -0.2) is 25.7 Å². The molecular weight excluding hydrogens is 294 g/mol. The number of carboxylic acids is 1. The summed E-state index contributed by atoms with van der Waals surface area (Å²) in [5.41, 5.74) is 1.84. The number of thiophene rings is 1. The van der Waals surface area contributed by atoms with Crippen LogP contribution in [0.3, 0.4) is 0 Å². The monoisotopic (exact) mass is 305 g/mol. The number of hydrogen-bond acceptors (Lipinski definition) is 5. The van der Waals surface area contributed by atoms with E-state index in [1.165, 1.54) is 11.3 Å². The zero-order chi connectivity index (χ0) is 14.1. The lowest BCUT2D eigenvalue weighted by atomic mass is 10.3. The van der Waals surface area contributed by atoms with Gasteiger partial charge in [-0.3, -0.25) is 4.40 Å². The van der Waals surface area contributed by atoms with Crippen LogP contribution in [0.25, 0.3) is 5.65 Å². The number of carboxylic acid groups (broad SMARTS) is 1. The lowest BCUT2D eigenvalue weighted by molar-refractivity contribution is 0.0702. The Morgan fingerprint density at radius 1 is 1.45 bits per heavy atom. The lowest BCUT2D eigenvalue weighted by Crippen LogP contribution is -1.90. The molecule has 0 aliphatic rings. The minimum absolute atomic E-state index is 0.379. The minimum Gasteiger partial charge on any atom is -0.477 e. The van der Waals surface area contributed by atoms with Crippen molar-refractivity contribution in [3.05, 3.63) is 45.8 Å². The molecule has 0 saturated heterocycles. The van der Waals surface area contributed by atoms with E-state index in [-0.39, 0.29) is 0 Å². The molecule has 0 bridgehead atoms. The number of thioether (sulfide) groups is 1. The summed E-state index contributed by atoms with van der Waals surface area (Å²) >= 11 is 2.86. The van der Waals surface area contributed by atoms with Crippen LogP contribution < -0.4 is 0 Å². The molecule has 0 radical (unpaired) electrons. The Morgan fingerprint density at radius 3 is 3.05 bits per heavy atom. The number of aromatic nitrogens is 3. The molecule has 0 unspecified atom stereocenters. The van der Waals surface area contributed by atoms with Gasteiger partial charge in [-0.25, -0.2) is 4.79 Å². The van der Waals surface area contributed by atoms with Crippen molar-refractivity contribution in [3.8, 4) is 0 Å². The Hall–Kier alpha value is -1.86. The smallest absolute Gasteiger partial charge is 0.345 e. The van der Waals surface area contributed by atoms with Gasteiger partial charge in [0, 0.05) is 16.8 Å². The van der Waals surface area contributed by atoms with Crippen molar-refractivity contribution < 1.29 is 9.90 Å². The van der Waals surface area contributed by atoms with E-state index in [0.29, 0.717) is 10.6 Å². The Morgan fingerprint density at radius 2 is 2.30 bits per heavy atom. The molecule has 7 heteroatoms. The molecule has 0 amide bonds. The first kappa shape index (κ1) is 13.1. The molecule has 20 heavy (non-hydrogen) atoms. The second kappa shape index (κ2) is 5.26. The van der Waals surface area contributed by atoms with Crippen molar-refractivity contribution in [2.45, 2.75) is 17.8 Å². The van der Waals surface area contributed by atoms with Crippen LogP contribution >= 0.6 is 23.1 Å². The van der Waals surface area contributed by atoms with Gasteiger partial charge in [-0.1, -0.05) is 17.8 Å². The number of hydrogen-bond donors (Lipinski definition) is 1. The van der Waals surface area contributed by atoms with Crippen LogP contribution in [0.5, 0.6) is 0 Å². The Kier molecular flexibility index (Phi) is 3.45. The first-order chi connectivity index (χ1) is 9.65. The van der Waals surface area contributed by atoms with Crippen LogP contribution in [0.15, 0.2) is 35.6 Å². The number of carbonyl (C=O) groups is 1. The summed E-state index contributed by atoms with van der Waals surface area (Å²) in [5.74, 6) is -0.187. The van der Waals surface area contributed by atoms with Gasteiger partial charge in [0.25, 0.3) is 0 Å². The molecule has 0 saturated carbocycles. The van der Waals surface area contributed by atoms with Crippen LogP contribution in [0.1, 0.15) is 20.1 Å². The van der Waals surface area contributed by atoms with Gasteiger partial charge in [-0.05, 0) is 30.7 Å². The fourth-order valence-corrected chi connectivity index (χ4v) is 3.78. The maximum absolute atomic E-state index is 11.0. The van der Waals surface area contributed by atoms with Gasteiger partial charge < -0.3 is 5.11 Å². The van der Waals surface area contributed by atoms with Gasteiger partial charge in [-0.15, -0.1) is 21.5 Å². The summed E-state index contributed by atoms with van der Waals surface area (Å²) in [6, 6.07) is 7.48. The van der Waals surface area contributed by atoms with E-state index in [0.717, 1.165) is 21.2 Å². The molecule has 102 valence electrons.